The predicted molar refractivity (Wildman–Crippen MR) is 106 cm³/mol. The van der Waals surface area contributed by atoms with E-state index in [1.165, 1.54) is 6.33 Å². The number of hydrogen-bond donors (Lipinski definition) is 2. The number of benzene rings is 1. The molecule has 0 amide bonds. The number of hydrogen-bond acceptors (Lipinski definition) is 6. The van der Waals surface area contributed by atoms with Crippen molar-refractivity contribution in [3.8, 4) is 11.6 Å². The molecular formula is C21H26N4O3. The van der Waals surface area contributed by atoms with Crippen LogP contribution in [0.4, 0.5) is 0 Å². The average Bonchev–Trinajstić information content (AvgIpc) is 3.08. The number of aliphatic hydroxyl groups is 1. The number of aliphatic hydroxyl groups excluding tert-OH is 1. The van der Waals surface area contributed by atoms with Crippen molar-refractivity contribution in [2.75, 3.05) is 0 Å². The van der Waals surface area contributed by atoms with Gasteiger partial charge in [-0.15, -0.1) is 0 Å². The van der Waals surface area contributed by atoms with E-state index in [4.69, 9.17) is 9.47 Å². The van der Waals surface area contributed by atoms with E-state index in [0.29, 0.717) is 18.8 Å². The molecule has 3 aromatic rings. The van der Waals surface area contributed by atoms with Gasteiger partial charge in [-0.1, -0.05) is 0 Å². The van der Waals surface area contributed by atoms with Gasteiger partial charge < -0.3 is 19.6 Å². The van der Waals surface area contributed by atoms with Crippen LogP contribution < -0.4 is 4.74 Å². The van der Waals surface area contributed by atoms with Gasteiger partial charge >= 0.3 is 0 Å². The van der Waals surface area contributed by atoms with Crippen LogP contribution in [-0.2, 0) is 17.7 Å². The quantitative estimate of drug-likeness (QED) is 0.671. The Kier molecular flexibility index (Phi) is 4.82. The molecule has 1 unspecified atom stereocenters. The highest BCUT2D eigenvalue weighted by molar-refractivity contribution is 5.80. The molecule has 0 aliphatic carbocycles. The fourth-order valence-corrected chi connectivity index (χ4v) is 3.49. The van der Waals surface area contributed by atoms with Crippen LogP contribution in [0.25, 0.3) is 10.9 Å². The minimum atomic E-state index is -0.988. The minimum Gasteiger partial charge on any atom is -0.439 e. The first kappa shape index (κ1) is 18.9. The van der Waals surface area contributed by atoms with Gasteiger partial charge in [0.1, 0.15) is 12.1 Å². The van der Waals surface area contributed by atoms with Crippen LogP contribution in [0.3, 0.4) is 0 Å². The highest BCUT2D eigenvalue weighted by Crippen LogP contribution is 2.32. The first-order valence-electron chi connectivity index (χ1n) is 9.49. The van der Waals surface area contributed by atoms with Crippen molar-refractivity contribution >= 4 is 10.9 Å². The topological polar surface area (TPSA) is 83.5 Å². The van der Waals surface area contributed by atoms with E-state index in [0.717, 1.165) is 27.9 Å². The second kappa shape index (κ2) is 7.16. The molecule has 1 aliphatic heterocycles. The average molecular weight is 382 g/mol. The van der Waals surface area contributed by atoms with E-state index in [2.05, 4.69) is 21.9 Å². The zero-order valence-corrected chi connectivity index (χ0v) is 16.6. The lowest BCUT2D eigenvalue weighted by molar-refractivity contribution is -0.251. The van der Waals surface area contributed by atoms with Crippen molar-refractivity contribution in [3.63, 3.8) is 0 Å². The Morgan fingerprint density at radius 1 is 1.25 bits per heavy atom. The van der Waals surface area contributed by atoms with Gasteiger partial charge in [0.25, 0.3) is 0 Å². The second-order valence-electron chi connectivity index (χ2n) is 8.21. The van der Waals surface area contributed by atoms with Gasteiger partial charge in [0, 0.05) is 35.2 Å². The number of ether oxygens (including phenoxy) is 2. The maximum Gasteiger partial charge on any atom is 0.225 e. The molecule has 0 spiro atoms. The van der Waals surface area contributed by atoms with Crippen LogP contribution in [0.2, 0.25) is 0 Å². The SMILES string of the molecule is C[C@H]1Cc2c(ncnc2Oc2ccc3[nH]ccc3c2)CN1C(O)OC(C)(C)C. The largest absolute Gasteiger partial charge is 0.439 e. The third-order valence-corrected chi connectivity index (χ3v) is 4.88. The van der Waals surface area contributed by atoms with E-state index in [-0.39, 0.29) is 6.04 Å². The van der Waals surface area contributed by atoms with Crippen LogP contribution in [0, 0.1) is 0 Å². The molecule has 7 heteroatoms. The summed E-state index contributed by atoms with van der Waals surface area (Å²) in [6, 6.07) is 7.97. The number of nitrogens with one attached hydrogen (secondary N) is 1. The Morgan fingerprint density at radius 2 is 2.07 bits per heavy atom. The van der Waals surface area contributed by atoms with Crippen molar-refractivity contribution in [1.82, 2.24) is 19.9 Å². The number of aromatic amines is 1. The molecule has 0 radical (unpaired) electrons. The molecule has 148 valence electrons. The molecule has 4 rings (SSSR count). The molecule has 0 bridgehead atoms. The molecule has 1 aromatic carbocycles. The monoisotopic (exact) mass is 382 g/mol. The molecule has 2 N–H and O–H groups in total. The first-order valence-corrected chi connectivity index (χ1v) is 9.49. The van der Waals surface area contributed by atoms with E-state index in [1.54, 1.807) is 0 Å². The first-order chi connectivity index (χ1) is 13.3. The summed E-state index contributed by atoms with van der Waals surface area (Å²) in [6.45, 7) is 8.31. The summed E-state index contributed by atoms with van der Waals surface area (Å²) in [6.07, 6.45) is 3.09. The minimum absolute atomic E-state index is 0.0605. The number of fused-ring (bicyclic) bond motifs is 2. The van der Waals surface area contributed by atoms with Crippen LogP contribution in [0.1, 0.15) is 39.0 Å². The van der Waals surface area contributed by atoms with Crippen molar-refractivity contribution in [3.05, 3.63) is 48.0 Å². The summed E-state index contributed by atoms with van der Waals surface area (Å²) in [5.41, 5.74) is 2.45. The summed E-state index contributed by atoms with van der Waals surface area (Å²) < 4.78 is 11.8. The summed E-state index contributed by atoms with van der Waals surface area (Å²) in [5.74, 6) is 1.30. The number of rotatable bonds is 4. The summed E-state index contributed by atoms with van der Waals surface area (Å²) in [4.78, 5) is 13.9. The van der Waals surface area contributed by atoms with Crippen LogP contribution in [-0.4, -0.2) is 43.0 Å². The van der Waals surface area contributed by atoms with Crippen molar-refractivity contribution in [2.45, 2.75) is 58.7 Å². The second-order valence-corrected chi connectivity index (χ2v) is 8.21. The Hall–Kier alpha value is -2.48. The molecule has 0 saturated carbocycles. The summed E-state index contributed by atoms with van der Waals surface area (Å²) in [7, 11) is 0. The highest BCUT2D eigenvalue weighted by atomic mass is 16.6. The Labute approximate surface area is 164 Å². The zero-order valence-electron chi connectivity index (χ0n) is 16.6. The van der Waals surface area contributed by atoms with Crippen molar-refractivity contribution in [1.29, 1.82) is 0 Å². The molecule has 0 saturated heterocycles. The highest BCUT2D eigenvalue weighted by Gasteiger charge is 2.33. The molecular weight excluding hydrogens is 356 g/mol. The van der Waals surface area contributed by atoms with Crippen LogP contribution in [0.15, 0.2) is 36.8 Å². The molecule has 2 atom stereocenters. The van der Waals surface area contributed by atoms with Crippen LogP contribution in [0.5, 0.6) is 11.6 Å². The molecule has 0 fully saturated rings. The molecule has 7 nitrogen and oxygen atoms in total. The standard InChI is InChI=1S/C21H26N4O3/c1-13-9-16-18(11-25(13)20(26)28-21(2,3)4)23-12-24-19(16)27-15-5-6-17-14(10-15)7-8-22-17/h5-8,10,12-13,20,22,26H,9,11H2,1-4H3/t13-,20?/m0/s1. The number of nitrogens with zero attached hydrogens (tertiary/aromatic N) is 3. The lowest BCUT2D eigenvalue weighted by Crippen LogP contribution is -2.49. The van der Waals surface area contributed by atoms with E-state index in [1.807, 2.05) is 56.1 Å². The fraction of sp³-hybridized carbons (Fsp3) is 0.429. The normalized spacial score (nSPS) is 18.8. The maximum absolute atomic E-state index is 10.5. The van der Waals surface area contributed by atoms with Gasteiger partial charge in [0.05, 0.1) is 11.3 Å². The van der Waals surface area contributed by atoms with Gasteiger partial charge in [-0.3, -0.25) is 0 Å². The lowest BCUT2D eigenvalue weighted by atomic mass is 10.00. The Morgan fingerprint density at radius 3 is 2.86 bits per heavy atom. The van der Waals surface area contributed by atoms with E-state index < -0.39 is 12.0 Å². The maximum atomic E-state index is 10.5. The third kappa shape index (κ3) is 3.87. The molecule has 2 aromatic heterocycles. The van der Waals surface area contributed by atoms with Gasteiger partial charge in [0.15, 0.2) is 0 Å². The molecule has 3 heterocycles. The number of aromatic nitrogens is 3. The smallest absolute Gasteiger partial charge is 0.225 e. The Balaban J connectivity index is 1.57. The van der Waals surface area contributed by atoms with E-state index >= 15 is 0 Å². The summed E-state index contributed by atoms with van der Waals surface area (Å²) >= 11 is 0. The van der Waals surface area contributed by atoms with E-state index in [9.17, 15) is 5.11 Å². The number of H-pyrrole nitrogens is 1. The van der Waals surface area contributed by atoms with Gasteiger partial charge in [-0.25, -0.2) is 14.9 Å². The molecule has 28 heavy (non-hydrogen) atoms. The Bertz CT molecular complexity index is 979. The van der Waals surface area contributed by atoms with Crippen molar-refractivity contribution < 1.29 is 14.6 Å². The zero-order chi connectivity index (χ0) is 19.9. The van der Waals surface area contributed by atoms with Crippen molar-refractivity contribution in [2.24, 2.45) is 0 Å². The lowest BCUT2D eigenvalue weighted by Gasteiger charge is -2.39. The van der Waals surface area contributed by atoms with Gasteiger partial charge in [-0.2, -0.15) is 0 Å². The third-order valence-electron chi connectivity index (χ3n) is 4.88. The van der Waals surface area contributed by atoms with Gasteiger partial charge in [0.2, 0.25) is 12.3 Å². The van der Waals surface area contributed by atoms with Crippen LogP contribution >= 0.6 is 0 Å². The fourth-order valence-electron chi connectivity index (χ4n) is 3.49. The van der Waals surface area contributed by atoms with Gasteiger partial charge in [-0.05, 0) is 58.4 Å². The predicted octanol–water partition coefficient (Wildman–Crippen LogP) is 3.59. The summed E-state index contributed by atoms with van der Waals surface area (Å²) in [5, 5.41) is 11.6. The molecule has 1 aliphatic rings.